The summed E-state index contributed by atoms with van der Waals surface area (Å²) in [5.41, 5.74) is 2.66. The van der Waals surface area contributed by atoms with E-state index in [1.54, 1.807) is 11.8 Å². The van der Waals surface area contributed by atoms with Crippen LogP contribution in [0.25, 0.3) is 11.5 Å². The van der Waals surface area contributed by atoms with Crippen LogP contribution in [-0.2, 0) is 11.2 Å². The van der Waals surface area contributed by atoms with Crippen LogP contribution < -0.4 is 5.32 Å². The van der Waals surface area contributed by atoms with Gasteiger partial charge in [-0.25, -0.2) is 4.98 Å². The van der Waals surface area contributed by atoms with Crippen LogP contribution in [0.5, 0.6) is 0 Å². The molecule has 1 aliphatic rings. The first kappa shape index (κ1) is 18.1. The van der Waals surface area contributed by atoms with Crippen LogP contribution in [0.4, 0.5) is 0 Å². The number of halogens is 1. The van der Waals surface area contributed by atoms with Crippen molar-refractivity contribution in [2.45, 2.75) is 30.7 Å². The summed E-state index contributed by atoms with van der Waals surface area (Å²) in [5, 5.41) is 3.82. The van der Waals surface area contributed by atoms with Crippen molar-refractivity contribution >= 4 is 29.3 Å². The lowest BCUT2D eigenvalue weighted by Crippen LogP contribution is -2.32. The number of thioether (sulfide) groups is 1. The van der Waals surface area contributed by atoms with Gasteiger partial charge >= 0.3 is 0 Å². The quantitative estimate of drug-likeness (QED) is 0.656. The number of oxazole rings is 1. The molecule has 1 aliphatic heterocycles. The standard InChI is InChI=1S/C21H19ClN2O2S/c1-13-18(24-21(26-13)14-5-3-2-4-6-14)12-20(25)23-17-9-10-27-19-8-7-15(22)11-16(17)19/h2-8,11,17H,9-10,12H2,1H3,(H,23,25). The van der Waals surface area contributed by atoms with E-state index in [0.717, 1.165) is 23.3 Å². The van der Waals surface area contributed by atoms with E-state index in [2.05, 4.69) is 10.3 Å². The van der Waals surface area contributed by atoms with Gasteiger partial charge < -0.3 is 9.73 Å². The number of fused-ring (bicyclic) bond motifs is 1. The topological polar surface area (TPSA) is 55.1 Å². The van der Waals surface area contributed by atoms with Crippen molar-refractivity contribution in [3.05, 3.63) is 70.6 Å². The Bertz CT molecular complexity index is 972. The molecule has 3 aromatic rings. The van der Waals surface area contributed by atoms with E-state index in [-0.39, 0.29) is 18.4 Å². The molecule has 0 bridgehead atoms. The average molecular weight is 399 g/mol. The molecule has 0 spiro atoms. The third kappa shape index (κ3) is 4.04. The van der Waals surface area contributed by atoms with Gasteiger partial charge in [0.05, 0.1) is 18.2 Å². The minimum absolute atomic E-state index is 0.0201. The van der Waals surface area contributed by atoms with Crippen molar-refractivity contribution < 1.29 is 9.21 Å². The SMILES string of the molecule is Cc1oc(-c2ccccc2)nc1CC(=O)NC1CCSc2ccc(Cl)cc21. The molecule has 0 saturated heterocycles. The van der Waals surface area contributed by atoms with Crippen molar-refractivity contribution in [2.24, 2.45) is 0 Å². The Labute approximate surface area is 167 Å². The van der Waals surface area contributed by atoms with E-state index < -0.39 is 0 Å². The van der Waals surface area contributed by atoms with Gasteiger partial charge in [-0.2, -0.15) is 0 Å². The van der Waals surface area contributed by atoms with Crippen LogP contribution in [0.2, 0.25) is 5.02 Å². The lowest BCUT2D eigenvalue weighted by Gasteiger charge is -2.26. The molecule has 6 heteroatoms. The van der Waals surface area contributed by atoms with Gasteiger partial charge in [0, 0.05) is 21.2 Å². The number of rotatable bonds is 4. The van der Waals surface area contributed by atoms with Gasteiger partial charge in [0.15, 0.2) is 0 Å². The summed E-state index contributed by atoms with van der Waals surface area (Å²) in [6.45, 7) is 1.84. The maximum absolute atomic E-state index is 12.6. The minimum atomic E-state index is -0.0613. The number of amides is 1. The molecule has 1 atom stereocenters. The Kier molecular flexibility index (Phi) is 5.23. The summed E-state index contributed by atoms with van der Waals surface area (Å²) < 4.78 is 5.75. The van der Waals surface area contributed by atoms with E-state index in [0.29, 0.717) is 22.4 Å². The van der Waals surface area contributed by atoms with E-state index in [1.807, 2.05) is 55.5 Å². The van der Waals surface area contributed by atoms with Gasteiger partial charge in [-0.15, -0.1) is 11.8 Å². The number of nitrogens with one attached hydrogen (secondary N) is 1. The van der Waals surface area contributed by atoms with Crippen LogP contribution in [-0.4, -0.2) is 16.6 Å². The first-order chi connectivity index (χ1) is 13.1. The van der Waals surface area contributed by atoms with Gasteiger partial charge in [0.1, 0.15) is 5.76 Å². The van der Waals surface area contributed by atoms with Crippen molar-refractivity contribution in [2.75, 3.05) is 5.75 Å². The van der Waals surface area contributed by atoms with Crippen molar-refractivity contribution in [1.82, 2.24) is 10.3 Å². The summed E-state index contributed by atoms with van der Waals surface area (Å²) in [7, 11) is 0. The predicted molar refractivity (Wildman–Crippen MR) is 108 cm³/mol. The first-order valence-corrected chi connectivity index (χ1v) is 10.2. The second-order valence-electron chi connectivity index (χ2n) is 6.50. The lowest BCUT2D eigenvalue weighted by molar-refractivity contribution is -0.121. The van der Waals surface area contributed by atoms with Crippen molar-refractivity contribution in [3.8, 4) is 11.5 Å². The average Bonchev–Trinajstić information content (AvgIpc) is 3.03. The normalized spacial score (nSPS) is 16.0. The smallest absolute Gasteiger partial charge is 0.226 e. The highest BCUT2D eigenvalue weighted by atomic mass is 35.5. The third-order valence-electron chi connectivity index (χ3n) is 4.59. The fraction of sp³-hybridized carbons (Fsp3) is 0.238. The molecular formula is C21H19ClN2O2S. The van der Waals surface area contributed by atoms with Gasteiger partial charge in [-0.05, 0) is 49.2 Å². The number of hydrogen-bond donors (Lipinski definition) is 1. The summed E-state index contributed by atoms with van der Waals surface area (Å²) in [6.07, 6.45) is 1.08. The number of aromatic nitrogens is 1. The minimum Gasteiger partial charge on any atom is -0.441 e. The summed E-state index contributed by atoms with van der Waals surface area (Å²) in [5.74, 6) is 2.13. The zero-order valence-corrected chi connectivity index (χ0v) is 16.4. The molecule has 27 heavy (non-hydrogen) atoms. The molecular weight excluding hydrogens is 380 g/mol. The van der Waals surface area contributed by atoms with Gasteiger partial charge in [0.2, 0.25) is 11.8 Å². The van der Waals surface area contributed by atoms with E-state index in [4.69, 9.17) is 16.0 Å². The van der Waals surface area contributed by atoms with Crippen LogP contribution in [0.1, 0.15) is 29.5 Å². The van der Waals surface area contributed by atoms with E-state index >= 15 is 0 Å². The Morgan fingerprint density at radius 3 is 2.93 bits per heavy atom. The summed E-state index contributed by atoms with van der Waals surface area (Å²) in [6, 6.07) is 15.5. The largest absolute Gasteiger partial charge is 0.441 e. The highest BCUT2D eigenvalue weighted by Gasteiger charge is 2.23. The Morgan fingerprint density at radius 2 is 2.11 bits per heavy atom. The molecule has 4 rings (SSSR count). The monoisotopic (exact) mass is 398 g/mol. The van der Waals surface area contributed by atoms with E-state index in [1.165, 1.54) is 4.90 Å². The zero-order valence-electron chi connectivity index (χ0n) is 14.9. The van der Waals surface area contributed by atoms with Crippen molar-refractivity contribution in [1.29, 1.82) is 0 Å². The number of hydrogen-bond acceptors (Lipinski definition) is 4. The molecule has 0 saturated carbocycles. The Morgan fingerprint density at radius 1 is 1.30 bits per heavy atom. The molecule has 138 valence electrons. The number of aryl methyl sites for hydroxylation is 1. The highest BCUT2D eigenvalue weighted by Crippen LogP contribution is 2.37. The second-order valence-corrected chi connectivity index (χ2v) is 8.08. The number of nitrogens with zero attached hydrogens (tertiary/aromatic N) is 1. The molecule has 0 aliphatic carbocycles. The first-order valence-electron chi connectivity index (χ1n) is 8.83. The van der Waals surface area contributed by atoms with Crippen molar-refractivity contribution in [3.63, 3.8) is 0 Å². The Balaban J connectivity index is 1.48. The number of carbonyl (C=O) groups excluding carboxylic acids is 1. The molecule has 1 unspecified atom stereocenters. The summed E-state index contributed by atoms with van der Waals surface area (Å²) >= 11 is 7.94. The fourth-order valence-electron chi connectivity index (χ4n) is 3.21. The van der Waals surface area contributed by atoms with Crippen LogP contribution in [0.3, 0.4) is 0 Å². The molecule has 4 nitrogen and oxygen atoms in total. The number of benzene rings is 2. The highest BCUT2D eigenvalue weighted by molar-refractivity contribution is 7.99. The molecule has 2 aromatic carbocycles. The zero-order chi connectivity index (χ0) is 18.8. The van der Waals surface area contributed by atoms with Gasteiger partial charge in [-0.1, -0.05) is 29.8 Å². The Hall–Kier alpha value is -2.24. The fourth-order valence-corrected chi connectivity index (χ4v) is 4.50. The lowest BCUT2D eigenvalue weighted by atomic mass is 10.0. The molecule has 1 aromatic heterocycles. The number of carbonyl (C=O) groups is 1. The molecule has 2 heterocycles. The van der Waals surface area contributed by atoms with E-state index in [9.17, 15) is 4.79 Å². The van der Waals surface area contributed by atoms with Crippen LogP contribution in [0.15, 0.2) is 57.8 Å². The maximum Gasteiger partial charge on any atom is 0.226 e. The maximum atomic E-state index is 12.6. The van der Waals surface area contributed by atoms with Gasteiger partial charge in [0.25, 0.3) is 0 Å². The molecule has 0 radical (unpaired) electrons. The van der Waals surface area contributed by atoms with Crippen LogP contribution >= 0.6 is 23.4 Å². The second kappa shape index (κ2) is 7.79. The third-order valence-corrected chi connectivity index (χ3v) is 5.95. The molecule has 1 amide bonds. The predicted octanol–water partition coefficient (Wildman–Crippen LogP) is 5.20. The molecule has 0 fully saturated rings. The molecule has 1 N–H and O–H groups in total. The van der Waals surface area contributed by atoms with Crippen LogP contribution in [0, 0.1) is 6.92 Å². The van der Waals surface area contributed by atoms with Gasteiger partial charge in [-0.3, -0.25) is 4.79 Å². The summed E-state index contributed by atoms with van der Waals surface area (Å²) in [4.78, 5) is 18.3.